The van der Waals surface area contributed by atoms with Crippen LogP contribution in [0, 0.1) is 11.3 Å². The van der Waals surface area contributed by atoms with Crippen molar-refractivity contribution in [2.75, 3.05) is 19.6 Å². The highest BCUT2D eigenvalue weighted by molar-refractivity contribution is 5.74. The van der Waals surface area contributed by atoms with E-state index in [4.69, 9.17) is 11.5 Å². The minimum absolute atomic E-state index is 0.129. The molecule has 4 N–H and O–H groups in total. The lowest BCUT2D eigenvalue weighted by Crippen LogP contribution is -2.42. The molecule has 1 amide bonds. The smallest absolute Gasteiger partial charge is 0.219 e. The van der Waals surface area contributed by atoms with Gasteiger partial charge in [0.1, 0.15) is 0 Å². The summed E-state index contributed by atoms with van der Waals surface area (Å²) in [5, 5.41) is 0. The van der Waals surface area contributed by atoms with Gasteiger partial charge in [-0.2, -0.15) is 0 Å². The van der Waals surface area contributed by atoms with E-state index in [0.29, 0.717) is 24.3 Å². The van der Waals surface area contributed by atoms with Crippen LogP contribution in [0.25, 0.3) is 0 Å². The van der Waals surface area contributed by atoms with Crippen LogP contribution in [-0.4, -0.2) is 36.5 Å². The Morgan fingerprint density at radius 1 is 1.50 bits per heavy atom. The molecular weight excluding hydrogens is 202 g/mol. The lowest BCUT2D eigenvalue weighted by atomic mass is 9.80. The third-order valence-corrected chi connectivity index (χ3v) is 3.67. The maximum Gasteiger partial charge on any atom is 0.219 e. The fourth-order valence-corrected chi connectivity index (χ4v) is 2.42. The summed E-state index contributed by atoms with van der Waals surface area (Å²) in [7, 11) is 0. The minimum Gasteiger partial charge on any atom is -0.370 e. The fraction of sp³-hybridized carbons (Fsp3) is 0.917. The summed E-state index contributed by atoms with van der Waals surface area (Å²) >= 11 is 0. The summed E-state index contributed by atoms with van der Waals surface area (Å²) in [5.74, 6) is 0.434. The first kappa shape index (κ1) is 13.5. The standard InChI is InChI=1S/C12H25N3O/c1-12(2,3)9-4-5-15(8-9)10(7-13)6-11(14)16/h9-10H,4-8,13H2,1-3H3,(H2,14,16). The van der Waals surface area contributed by atoms with Crippen LogP contribution in [0.3, 0.4) is 0 Å². The van der Waals surface area contributed by atoms with Crippen LogP contribution in [0.1, 0.15) is 33.6 Å². The number of nitrogens with two attached hydrogens (primary N) is 2. The molecule has 0 saturated carbocycles. The van der Waals surface area contributed by atoms with Crippen molar-refractivity contribution in [3.8, 4) is 0 Å². The van der Waals surface area contributed by atoms with E-state index >= 15 is 0 Å². The van der Waals surface area contributed by atoms with Crippen molar-refractivity contribution in [2.45, 2.75) is 39.7 Å². The molecule has 0 spiro atoms. The Kier molecular flexibility index (Phi) is 4.33. The zero-order valence-electron chi connectivity index (χ0n) is 10.7. The molecule has 1 saturated heterocycles. The van der Waals surface area contributed by atoms with E-state index in [-0.39, 0.29) is 11.9 Å². The van der Waals surface area contributed by atoms with Crippen LogP contribution in [0.2, 0.25) is 0 Å². The van der Waals surface area contributed by atoms with Crippen LogP contribution < -0.4 is 11.5 Å². The molecule has 4 nitrogen and oxygen atoms in total. The SMILES string of the molecule is CC(C)(C)C1CCN(C(CN)CC(N)=O)C1. The summed E-state index contributed by atoms with van der Waals surface area (Å²) in [6.07, 6.45) is 1.58. The van der Waals surface area contributed by atoms with Crippen LogP contribution in [0.4, 0.5) is 0 Å². The number of hydrogen-bond donors (Lipinski definition) is 2. The quantitative estimate of drug-likeness (QED) is 0.737. The average molecular weight is 227 g/mol. The third-order valence-electron chi connectivity index (χ3n) is 3.67. The van der Waals surface area contributed by atoms with Gasteiger partial charge in [-0.25, -0.2) is 0 Å². The van der Waals surface area contributed by atoms with Gasteiger partial charge in [0.15, 0.2) is 0 Å². The Morgan fingerprint density at radius 2 is 2.12 bits per heavy atom. The van der Waals surface area contributed by atoms with Gasteiger partial charge in [-0.05, 0) is 24.3 Å². The van der Waals surface area contributed by atoms with E-state index in [1.54, 1.807) is 0 Å². The number of hydrogen-bond acceptors (Lipinski definition) is 3. The molecule has 0 aromatic rings. The molecule has 94 valence electrons. The molecule has 0 bridgehead atoms. The topological polar surface area (TPSA) is 72.3 Å². The molecule has 2 unspecified atom stereocenters. The molecule has 1 aliphatic heterocycles. The molecule has 16 heavy (non-hydrogen) atoms. The maximum atomic E-state index is 10.9. The van der Waals surface area contributed by atoms with Gasteiger partial charge in [-0.15, -0.1) is 0 Å². The number of likely N-dealkylation sites (tertiary alicyclic amines) is 1. The van der Waals surface area contributed by atoms with Gasteiger partial charge in [0.05, 0.1) is 0 Å². The summed E-state index contributed by atoms with van der Waals surface area (Å²) < 4.78 is 0. The Morgan fingerprint density at radius 3 is 2.50 bits per heavy atom. The maximum absolute atomic E-state index is 10.9. The second kappa shape index (κ2) is 5.15. The zero-order chi connectivity index (χ0) is 12.3. The molecule has 4 heteroatoms. The van der Waals surface area contributed by atoms with Crippen LogP contribution in [0.15, 0.2) is 0 Å². The second-order valence-corrected chi connectivity index (χ2v) is 5.91. The highest BCUT2D eigenvalue weighted by atomic mass is 16.1. The highest BCUT2D eigenvalue weighted by Crippen LogP contribution is 2.34. The average Bonchev–Trinajstić information content (AvgIpc) is 2.61. The summed E-state index contributed by atoms with van der Waals surface area (Å²) in [6.45, 7) is 9.40. The zero-order valence-corrected chi connectivity index (χ0v) is 10.7. The first-order chi connectivity index (χ1) is 7.34. The highest BCUT2D eigenvalue weighted by Gasteiger charge is 2.34. The number of rotatable bonds is 4. The molecule has 0 aromatic carbocycles. The second-order valence-electron chi connectivity index (χ2n) is 5.91. The first-order valence-electron chi connectivity index (χ1n) is 6.07. The third kappa shape index (κ3) is 3.46. The van der Waals surface area contributed by atoms with Gasteiger partial charge in [-0.3, -0.25) is 9.69 Å². The van der Waals surface area contributed by atoms with E-state index in [9.17, 15) is 4.79 Å². The Balaban J connectivity index is 2.53. The number of primary amides is 1. The fourth-order valence-electron chi connectivity index (χ4n) is 2.42. The van der Waals surface area contributed by atoms with Crippen molar-refractivity contribution in [2.24, 2.45) is 22.8 Å². The number of amides is 1. The van der Waals surface area contributed by atoms with E-state index in [0.717, 1.165) is 13.1 Å². The molecule has 0 aliphatic carbocycles. The van der Waals surface area contributed by atoms with Gasteiger partial charge in [-0.1, -0.05) is 20.8 Å². The molecule has 0 radical (unpaired) electrons. The van der Waals surface area contributed by atoms with Crippen molar-refractivity contribution in [1.82, 2.24) is 4.90 Å². The Hall–Kier alpha value is -0.610. The van der Waals surface area contributed by atoms with E-state index in [1.165, 1.54) is 6.42 Å². The van der Waals surface area contributed by atoms with Crippen molar-refractivity contribution >= 4 is 5.91 Å². The van der Waals surface area contributed by atoms with Crippen molar-refractivity contribution in [1.29, 1.82) is 0 Å². The van der Waals surface area contributed by atoms with Gasteiger partial charge in [0, 0.05) is 25.6 Å². The normalized spacial score (nSPS) is 24.6. The van der Waals surface area contributed by atoms with E-state index < -0.39 is 0 Å². The molecule has 2 atom stereocenters. The number of carbonyl (C=O) groups is 1. The van der Waals surface area contributed by atoms with Gasteiger partial charge in [0.25, 0.3) is 0 Å². The van der Waals surface area contributed by atoms with Gasteiger partial charge < -0.3 is 11.5 Å². The Bertz CT molecular complexity index is 247. The molecule has 0 aromatic heterocycles. The minimum atomic E-state index is -0.255. The molecule has 1 rings (SSSR count). The molecule has 1 fully saturated rings. The molecular formula is C12H25N3O. The number of carbonyl (C=O) groups excluding carboxylic acids is 1. The summed E-state index contributed by atoms with van der Waals surface area (Å²) in [4.78, 5) is 13.3. The van der Waals surface area contributed by atoms with Crippen LogP contribution in [-0.2, 0) is 4.79 Å². The predicted octanol–water partition coefficient (Wildman–Crippen LogP) is 0.557. The van der Waals surface area contributed by atoms with E-state index in [1.807, 2.05) is 0 Å². The van der Waals surface area contributed by atoms with Crippen LogP contribution >= 0.6 is 0 Å². The van der Waals surface area contributed by atoms with Crippen molar-refractivity contribution in [3.05, 3.63) is 0 Å². The summed E-state index contributed by atoms with van der Waals surface area (Å²) in [6, 6.07) is 0.129. The van der Waals surface area contributed by atoms with Crippen molar-refractivity contribution in [3.63, 3.8) is 0 Å². The Labute approximate surface area is 98.3 Å². The monoisotopic (exact) mass is 227 g/mol. The summed E-state index contributed by atoms with van der Waals surface area (Å²) in [5.41, 5.74) is 11.3. The lowest BCUT2D eigenvalue weighted by Gasteiger charge is -2.29. The first-order valence-corrected chi connectivity index (χ1v) is 6.07. The predicted molar refractivity (Wildman–Crippen MR) is 65.8 cm³/mol. The lowest BCUT2D eigenvalue weighted by molar-refractivity contribution is -0.119. The largest absolute Gasteiger partial charge is 0.370 e. The molecule has 1 aliphatic rings. The van der Waals surface area contributed by atoms with E-state index in [2.05, 4.69) is 25.7 Å². The van der Waals surface area contributed by atoms with Crippen molar-refractivity contribution < 1.29 is 4.79 Å². The van der Waals surface area contributed by atoms with Crippen LogP contribution in [0.5, 0.6) is 0 Å². The molecule has 1 heterocycles. The number of nitrogens with zero attached hydrogens (tertiary/aromatic N) is 1. The van der Waals surface area contributed by atoms with Gasteiger partial charge >= 0.3 is 0 Å². The van der Waals surface area contributed by atoms with Gasteiger partial charge in [0.2, 0.25) is 5.91 Å².